The number of carbonyl (C=O) groups is 3. The van der Waals surface area contributed by atoms with E-state index in [9.17, 15) is 24.8 Å². The highest BCUT2D eigenvalue weighted by Crippen LogP contribution is 2.75. The molecule has 3 saturated carbocycles. The molecule has 0 unspecified atom stereocenters. The first-order chi connectivity index (χ1) is 24.7. The monoisotopic (exact) mass is 756 g/mol. The van der Waals surface area contributed by atoms with Gasteiger partial charge in [-0.05, 0) is 91.5 Å². The molecular formula is C44H50Cl2N2O5. The largest absolute Gasteiger partial charge is 0.457 e. The van der Waals surface area contributed by atoms with Crippen molar-refractivity contribution in [3.05, 3.63) is 81.4 Å². The van der Waals surface area contributed by atoms with E-state index in [0.717, 1.165) is 24.0 Å². The van der Waals surface area contributed by atoms with Gasteiger partial charge in [-0.3, -0.25) is 14.4 Å². The third-order valence-electron chi connectivity index (χ3n) is 15.3. The number of para-hydroxylation sites is 1. The Balaban J connectivity index is 1.19. The summed E-state index contributed by atoms with van der Waals surface area (Å²) in [6.45, 7) is 14.6. The molecule has 0 saturated heterocycles. The molecule has 5 aliphatic carbocycles. The highest BCUT2D eigenvalue weighted by Gasteiger charge is 2.75. The van der Waals surface area contributed by atoms with Crippen LogP contribution in [0.1, 0.15) is 99.0 Å². The van der Waals surface area contributed by atoms with Crippen molar-refractivity contribution < 1.29 is 24.2 Å². The molecule has 1 amide bonds. The first-order valence-electron chi connectivity index (χ1n) is 18.9. The van der Waals surface area contributed by atoms with E-state index in [2.05, 4.69) is 39.1 Å². The molecule has 0 aliphatic heterocycles. The van der Waals surface area contributed by atoms with Crippen LogP contribution in [-0.4, -0.2) is 28.2 Å². The zero-order valence-corrected chi connectivity index (χ0v) is 33.3. The number of Topliss-reactive ketones (excluding diaryl/α,β-unsaturated/α-hetero) is 1. The molecule has 53 heavy (non-hydrogen) atoms. The number of benzene rings is 2. The third-order valence-corrected chi connectivity index (χ3v) is 16.1. The van der Waals surface area contributed by atoms with Gasteiger partial charge in [0.05, 0.1) is 15.6 Å². The number of aliphatic hydroxyl groups is 1. The molecule has 0 aromatic heterocycles. The predicted octanol–water partition coefficient (Wildman–Crippen LogP) is 9.74. The fourth-order valence-electron chi connectivity index (χ4n) is 11.8. The Morgan fingerprint density at radius 3 is 2.34 bits per heavy atom. The molecule has 7 rings (SSSR count). The van der Waals surface area contributed by atoms with Crippen LogP contribution >= 0.6 is 23.2 Å². The van der Waals surface area contributed by atoms with Crippen molar-refractivity contribution in [3.8, 4) is 17.6 Å². The molecular weight excluding hydrogens is 707 g/mol. The molecule has 2 aromatic carbocycles. The van der Waals surface area contributed by atoms with Gasteiger partial charge in [0, 0.05) is 45.8 Å². The lowest BCUT2D eigenvalue weighted by atomic mass is 9.33. The van der Waals surface area contributed by atoms with Crippen LogP contribution in [0.2, 0.25) is 10.0 Å². The summed E-state index contributed by atoms with van der Waals surface area (Å²) in [5, 5.41) is 27.3. The number of nitrogens with zero attached hydrogens (tertiary/aromatic N) is 1. The van der Waals surface area contributed by atoms with E-state index in [1.807, 2.05) is 51.1 Å². The number of nitrogens with one attached hydrogen (secondary N) is 1. The molecule has 3 fully saturated rings. The van der Waals surface area contributed by atoms with Crippen molar-refractivity contribution >= 4 is 40.7 Å². The summed E-state index contributed by atoms with van der Waals surface area (Å²) in [6, 6.07) is 14.7. The van der Waals surface area contributed by atoms with Crippen LogP contribution in [0.5, 0.6) is 11.5 Å². The number of fused-ring (bicyclic) bond motifs is 7. The van der Waals surface area contributed by atoms with E-state index >= 15 is 0 Å². The Morgan fingerprint density at radius 1 is 0.943 bits per heavy atom. The summed E-state index contributed by atoms with van der Waals surface area (Å²) in [6.07, 6.45) is 8.15. The Bertz CT molecular complexity index is 2050. The Labute approximate surface area is 323 Å². The third kappa shape index (κ3) is 5.25. The van der Waals surface area contributed by atoms with Gasteiger partial charge in [-0.15, -0.1) is 0 Å². The molecule has 0 radical (unpaired) electrons. The van der Waals surface area contributed by atoms with Crippen molar-refractivity contribution in [3.63, 3.8) is 0 Å². The highest BCUT2D eigenvalue weighted by molar-refractivity contribution is 6.42. The van der Waals surface area contributed by atoms with Crippen LogP contribution in [0.3, 0.4) is 0 Å². The van der Waals surface area contributed by atoms with E-state index < -0.39 is 38.6 Å². The highest BCUT2D eigenvalue weighted by atomic mass is 35.5. The van der Waals surface area contributed by atoms with Gasteiger partial charge in [0.1, 0.15) is 23.2 Å². The van der Waals surface area contributed by atoms with Gasteiger partial charge in [0.15, 0.2) is 11.6 Å². The van der Waals surface area contributed by atoms with E-state index in [1.54, 1.807) is 24.3 Å². The lowest BCUT2D eigenvalue weighted by molar-refractivity contribution is -0.242. The van der Waals surface area contributed by atoms with Crippen molar-refractivity contribution in [2.75, 3.05) is 0 Å². The maximum atomic E-state index is 14.9. The minimum Gasteiger partial charge on any atom is -0.457 e. The van der Waals surface area contributed by atoms with Crippen LogP contribution in [0.4, 0.5) is 0 Å². The van der Waals surface area contributed by atoms with Crippen LogP contribution in [0, 0.1) is 55.7 Å². The molecule has 280 valence electrons. The summed E-state index contributed by atoms with van der Waals surface area (Å²) in [5.41, 5.74) is -3.88. The topological polar surface area (TPSA) is 116 Å². The average molecular weight is 758 g/mol. The number of allylic oxidation sites excluding steroid dienone is 3. The maximum absolute atomic E-state index is 14.9. The second kappa shape index (κ2) is 12.3. The van der Waals surface area contributed by atoms with Crippen LogP contribution in [0.15, 0.2) is 65.8 Å². The first-order valence-corrected chi connectivity index (χ1v) is 19.6. The van der Waals surface area contributed by atoms with Gasteiger partial charge in [-0.2, -0.15) is 5.26 Å². The summed E-state index contributed by atoms with van der Waals surface area (Å²) < 4.78 is 6.14. The number of nitriles is 1. The van der Waals surface area contributed by atoms with Gasteiger partial charge in [-0.1, -0.05) is 95.9 Å². The summed E-state index contributed by atoms with van der Waals surface area (Å²) in [4.78, 5) is 42.5. The number of ketones is 2. The average Bonchev–Trinajstić information content (AvgIpc) is 3.11. The predicted molar refractivity (Wildman–Crippen MR) is 205 cm³/mol. The fraction of sp³-hybridized carbons (Fsp3) is 0.545. The van der Waals surface area contributed by atoms with Crippen molar-refractivity contribution in [1.82, 2.24) is 5.32 Å². The number of hydrogen-bond donors (Lipinski definition) is 2. The van der Waals surface area contributed by atoms with E-state index in [-0.39, 0.29) is 40.9 Å². The molecule has 5 aliphatic rings. The molecule has 0 heterocycles. The summed E-state index contributed by atoms with van der Waals surface area (Å²) in [7, 11) is 0. The zero-order chi connectivity index (χ0) is 38.6. The maximum Gasteiger partial charge on any atom is 0.226 e. The number of rotatable bonds is 5. The molecule has 0 spiro atoms. The van der Waals surface area contributed by atoms with Gasteiger partial charge < -0.3 is 15.2 Å². The van der Waals surface area contributed by atoms with Crippen LogP contribution in [-0.2, 0) is 20.9 Å². The van der Waals surface area contributed by atoms with E-state index in [1.165, 1.54) is 0 Å². The number of ether oxygens (including phenoxy) is 1. The van der Waals surface area contributed by atoms with E-state index in [4.69, 9.17) is 27.9 Å². The SMILES string of the molecule is CC1(C)C(=O)C(C#N)=C[C@]2(C)C3=CC(=O)[C@]4(O)[C@@H]5C[C@@](C)(C(=O)NCc6ccccc6Oc6ccc(Cl)c(Cl)c6)CC[C@]5(C)CC[C@@]4(C)[C@]3(C)CC[C@@H]12. The van der Waals surface area contributed by atoms with Gasteiger partial charge >= 0.3 is 0 Å². The van der Waals surface area contributed by atoms with Crippen LogP contribution in [0.25, 0.3) is 0 Å². The molecule has 7 nitrogen and oxygen atoms in total. The fourth-order valence-corrected chi connectivity index (χ4v) is 12.1. The Kier molecular flexibility index (Phi) is 8.77. The second-order valence-electron chi connectivity index (χ2n) is 18.4. The smallest absolute Gasteiger partial charge is 0.226 e. The summed E-state index contributed by atoms with van der Waals surface area (Å²) in [5.74, 6) is -0.0151. The first kappa shape index (κ1) is 37.9. The number of amides is 1. The van der Waals surface area contributed by atoms with Crippen LogP contribution < -0.4 is 10.1 Å². The zero-order valence-electron chi connectivity index (χ0n) is 31.8. The summed E-state index contributed by atoms with van der Waals surface area (Å²) >= 11 is 12.3. The van der Waals surface area contributed by atoms with Gasteiger partial charge in [0.2, 0.25) is 5.91 Å². The molecule has 2 N–H and O–H groups in total. The molecule has 2 aromatic rings. The second-order valence-corrected chi connectivity index (χ2v) is 19.2. The normalized spacial score (nSPS) is 38.5. The van der Waals surface area contributed by atoms with Crippen molar-refractivity contribution in [2.45, 2.75) is 106 Å². The number of halogens is 2. The van der Waals surface area contributed by atoms with Crippen molar-refractivity contribution in [2.24, 2.45) is 44.3 Å². The van der Waals surface area contributed by atoms with E-state index in [0.29, 0.717) is 53.6 Å². The van der Waals surface area contributed by atoms with Crippen molar-refractivity contribution in [1.29, 1.82) is 5.26 Å². The molecule has 0 bridgehead atoms. The minimum absolute atomic E-state index is 0.0865. The van der Waals surface area contributed by atoms with Gasteiger partial charge in [0.25, 0.3) is 0 Å². The number of carbonyl (C=O) groups excluding carboxylic acids is 3. The molecule has 8 atom stereocenters. The quantitative estimate of drug-likeness (QED) is 0.314. The standard InChI is InChI=1S/C44H50Cl2N2O5/c1-38(2)32-14-15-42(6)33(41(32,5)22-27(24-47)36(38)50)21-35(49)44(52)34-23-40(4,17-16-39(34,3)18-19-43(42,44)7)37(51)48-25-26-10-8-9-11-31(26)53-28-12-13-29(45)30(46)20-28/h8-13,20-22,32,34,52H,14-19,23,25H2,1-7H3,(H,48,51)/t32-,34+,39+,40-,41-,42+,43-,44+/m0/s1. The minimum atomic E-state index is -1.70. The lowest BCUT2D eigenvalue weighted by Crippen LogP contribution is -2.74. The Morgan fingerprint density at radius 2 is 1.64 bits per heavy atom. The number of hydrogen-bond acceptors (Lipinski definition) is 6. The van der Waals surface area contributed by atoms with Gasteiger partial charge in [-0.25, -0.2) is 0 Å². The molecule has 9 heteroatoms. The lowest BCUT2D eigenvalue weighted by Gasteiger charge is -2.71. The Hall–Kier alpha value is -3.44.